The Morgan fingerprint density at radius 2 is 0.975 bits per heavy atom. The lowest BCUT2D eigenvalue weighted by Crippen LogP contribution is -2.53. The highest BCUT2D eigenvalue weighted by molar-refractivity contribution is 5.95. The van der Waals surface area contributed by atoms with E-state index in [2.05, 4.69) is 24.5 Å². The molecule has 2 unspecified atom stereocenters. The summed E-state index contributed by atoms with van der Waals surface area (Å²) in [6.45, 7) is 5.83. The minimum Gasteiger partial charge on any atom is -0.494 e. The number of nitrogens with one attached hydrogen (secondary N) is 2. The first-order valence-electron chi connectivity index (χ1n) is 15.7. The molecule has 2 aromatic rings. The van der Waals surface area contributed by atoms with Crippen LogP contribution in [0.3, 0.4) is 0 Å². The van der Waals surface area contributed by atoms with Crippen molar-refractivity contribution in [2.24, 2.45) is 0 Å². The maximum absolute atomic E-state index is 13.0. The van der Waals surface area contributed by atoms with Crippen molar-refractivity contribution in [3.63, 3.8) is 0 Å². The number of carbonyl (C=O) groups excluding carboxylic acids is 2. The Bertz CT molecular complexity index is 909. The molecule has 2 N–H and O–H groups in total. The molecular weight excluding hydrogens is 500 g/mol. The zero-order valence-corrected chi connectivity index (χ0v) is 24.7. The van der Waals surface area contributed by atoms with Crippen LogP contribution in [0.4, 0.5) is 0 Å². The van der Waals surface area contributed by atoms with E-state index in [4.69, 9.17) is 9.47 Å². The fourth-order valence-corrected chi connectivity index (χ4v) is 5.18. The molecule has 2 aromatic carbocycles. The van der Waals surface area contributed by atoms with Crippen LogP contribution in [0.15, 0.2) is 48.5 Å². The minimum atomic E-state index is -0.117. The predicted molar refractivity (Wildman–Crippen MR) is 162 cm³/mol. The van der Waals surface area contributed by atoms with Crippen LogP contribution in [-0.2, 0) is 0 Å². The second kappa shape index (κ2) is 18.4. The van der Waals surface area contributed by atoms with Gasteiger partial charge >= 0.3 is 0 Å². The monoisotopic (exact) mass is 550 g/mol. The van der Waals surface area contributed by atoms with Gasteiger partial charge in [0.2, 0.25) is 0 Å². The van der Waals surface area contributed by atoms with Crippen LogP contribution in [0.25, 0.3) is 0 Å². The second-order valence-electron chi connectivity index (χ2n) is 11.0. The maximum Gasteiger partial charge on any atom is 0.251 e. The molecular formula is C34H50N2O4. The average Bonchev–Trinajstić information content (AvgIpc) is 2.98. The molecule has 0 bridgehead atoms. The van der Waals surface area contributed by atoms with Gasteiger partial charge in [0.05, 0.1) is 13.2 Å². The summed E-state index contributed by atoms with van der Waals surface area (Å²) < 4.78 is 11.7. The van der Waals surface area contributed by atoms with Crippen LogP contribution in [-0.4, -0.2) is 37.1 Å². The van der Waals surface area contributed by atoms with E-state index in [0.29, 0.717) is 24.3 Å². The normalized spacial score (nSPS) is 16.8. The predicted octanol–water partition coefficient (Wildman–Crippen LogP) is 7.86. The van der Waals surface area contributed by atoms with Gasteiger partial charge in [-0.1, -0.05) is 78.1 Å². The molecule has 0 spiro atoms. The molecule has 6 heteroatoms. The van der Waals surface area contributed by atoms with E-state index in [1.807, 2.05) is 48.5 Å². The molecule has 0 aromatic heterocycles. The Morgan fingerprint density at radius 1 is 0.600 bits per heavy atom. The fraction of sp³-hybridized carbons (Fsp3) is 0.588. The smallest absolute Gasteiger partial charge is 0.251 e. The summed E-state index contributed by atoms with van der Waals surface area (Å²) in [6, 6.07) is 14.5. The number of rotatable bonds is 18. The maximum atomic E-state index is 13.0. The highest BCUT2D eigenvalue weighted by Gasteiger charge is 2.28. The van der Waals surface area contributed by atoms with Crippen molar-refractivity contribution < 1.29 is 19.1 Å². The van der Waals surface area contributed by atoms with E-state index in [-0.39, 0.29) is 23.9 Å². The molecule has 40 heavy (non-hydrogen) atoms. The number of carbonyl (C=O) groups is 2. The summed E-state index contributed by atoms with van der Waals surface area (Å²) in [7, 11) is 0. The molecule has 6 nitrogen and oxygen atoms in total. The van der Waals surface area contributed by atoms with Gasteiger partial charge in [-0.25, -0.2) is 0 Å². The van der Waals surface area contributed by atoms with Crippen LogP contribution < -0.4 is 20.1 Å². The summed E-state index contributed by atoms with van der Waals surface area (Å²) in [5.74, 6) is 1.35. The first-order chi connectivity index (χ1) is 19.6. The fourth-order valence-electron chi connectivity index (χ4n) is 5.18. The highest BCUT2D eigenvalue weighted by Crippen LogP contribution is 2.21. The standard InChI is InChI=1S/C34H50N2O4/c1-3-5-7-9-13-25-39-29-21-17-27(18-22-29)33(37)35-31-15-11-12-16-32(31)36-34(38)28-19-23-30(24-20-28)40-26-14-10-8-6-4-2/h17-24,31-32H,3-16,25-26H2,1-2H3,(H,35,37)(H,36,38). The van der Waals surface area contributed by atoms with E-state index in [1.54, 1.807) is 0 Å². The topological polar surface area (TPSA) is 76.7 Å². The zero-order valence-electron chi connectivity index (χ0n) is 24.7. The summed E-state index contributed by atoms with van der Waals surface area (Å²) in [5.41, 5.74) is 1.21. The molecule has 0 saturated heterocycles. The number of hydrogen-bond acceptors (Lipinski definition) is 4. The number of benzene rings is 2. The van der Waals surface area contributed by atoms with Gasteiger partial charge in [0, 0.05) is 23.2 Å². The third-order valence-electron chi connectivity index (χ3n) is 7.67. The molecule has 0 heterocycles. The lowest BCUT2D eigenvalue weighted by Gasteiger charge is -2.33. The van der Waals surface area contributed by atoms with Gasteiger partial charge < -0.3 is 20.1 Å². The molecule has 1 fully saturated rings. The average molecular weight is 551 g/mol. The van der Waals surface area contributed by atoms with E-state index < -0.39 is 0 Å². The van der Waals surface area contributed by atoms with E-state index in [9.17, 15) is 9.59 Å². The number of hydrogen-bond donors (Lipinski definition) is 2. The molecule has 1 aliphatic carbocycles. The lowest BCUT2D eigenvalue weighted by atomic mass is 9.89. The third kappa shape index (κ3) is 11.2. The van der Waals surface area contributed by atoms with E-state index in [0.717, 1.165) is 50.0 Å². The lowest BCUT2D eigenvalue weighted by molar-refractivity contribution is 0.0862. The SMILES string of the molecule is CCCCCCCOc1ccc(C(=O)NC2CCCCC2NC(=O)c2ccc(OCCCCCCC)cc2)cc1. The van der Waals surface area contributed by atoms with Gasteiger partial charge in [-0.15, -0.1) is 0 Å². The molecule has 220 valence electrons. The van der Waals surface area contributed by atoms with E-state index in [1.165, 1.54) is 51.4 Å². The highest BCUT2D eigenvalue weighted by atomic mass is 16.5. The first-order valence-corrected chi connectivity index (χ1v) is 15.7. The summed E-state index contributed by atoms with van der Waals surface area (Å²) in [6.07, 6.45) is 15.8. The largest absolute Gasteiger partial charge is 0.494 e. The van der Waals surface area contributed by atoms with Crippen molar-refractivity contribution in [2.75, 3.05) is 13.2 Å². The van der Waals surface area contributed by atoms with Crippen molar-refractivity contribution in [2.45, 2.75) is 116 Å². The van der Waals surface area contributed by atoms with Gasteiger partial charge in [0.1, 0.15) is 11.5 Å². The Hall–Kier alpha value is -3.02. The van der Waals surface area contributed by atoms with Crippen LogP contribution in [0, 0.1) is 0 Å². The van der Waals surface area contributed by atoms with Crippen LogP contribution in [0.2, 0.25) is 0 Å². The first kappa shape index (κ1) is 31.5. The second-order valence-corrected chi connectivity index (χ2v) is 11.0. The molecule has 0 aliphatic heterocycles. The van der Waals surface area contributed by atoms with Crippen LogP contribution in [0.1, 0.15) is 124 Å². The van der Waals surface area contributed by atoms with Crippen molar-refractivity contribution in [1.82, 2.24) is 10.6 Å². The van der Waals surface area contributed by atoms with Gasteiger partial charge in [-0.3, -0.25) is 9.59 Å². The molecule has 1 saturated carbocycles. The van der Waals surface area contributed by atoms with Crippen LogP contribution in [0.5, 0.6) is 11.5 Å². The Balaban J connectivity index is 1.44. The van der Waals surface area contributed by atoms with Gasteiger partial charge in [0.25, 0.3) is 11.8 Å². The molecule has 0 radical (unpaired) electrons. The van der Waals surface area contributed by atoms with Crippen molar-refractivity contribution >= 4 is 11.8 Å². The number of unbranched alkanes of at least 4 members (excludes halogenated alkanes) is 8. The van der Waals surface area contributed by atoms with Gasteiger partial charge in [0.15, 0.2) is 0 Å². The van der Waals surface area contributed by atoms with Crippen molar-refractivity contribution in [3.05, 3.63) is 59.7 Å². The number of amides is 2. The van der Waals surface area contributed by atoms with Crippen molar-refractivity contribution in [1.29, 1.82) is 0 Å². The number of ether oxygens (including phenoxy) is 2. The van der Waals surface area contributed by atoms with Crippen molar-refractivity contribution in [3.8, 4) is 11.5 Å². The summed E-state index contributed by atoms with van der Waals surface area (Å²) in [4.78, 5) is 26.0. The summed E-state index contributed by atoms with van der Waals surface area (Å²) >= 11 is 0. The third-order valence-corrected chi connectivity index (χ3v) is 7.67. The van der Waals surface area contributed by atoms with E-state index >= 15 is 0 Å². The van der Waals surface area contributed by atoms with Gasteiger partial charge in [-0.2, -0.15) is 0 Å². The summed E-state index contributed by atoms with van der Waals surface area (Å²) in [5, 5.41) is 6.34. The van der Waals surface area contributed by atoms with Crippen LogP contribution >= 0.6 is 0 Å². The Kier molecular flexibility index (Phi) is 14.5. The van der Waals surface area contributed by atoms with Gasteiger partial charge in [-0.05, 0) is 74.2 Å². The quantitative estimate of drug-likeness (QED) is 0.185. The molecule has 3 rings (SSSR count). The Labute approximate surface area is 241 Å². The molecule has 1 aliphatic rings. The molecule has 2 amide bonds. The Morgan fingerprint density at radius 3 is 1.35 bits per heavy atom. The zero-order chi connectivity index (χ0) is 28.4. The molecule has 2 atom stereocenters. The minimum absolute atomic E-state index is 0.0976.